The number of methoxy groups -OCH3 is 1. The Morgan fingerprint density at radius 3 is 2.83 bits per heavy atom. The maximum absolute atomic E-state index is 12.7. The Bertz CT molecular complexity index is 1030. The first kappa shape index (κ1) is 19.4. The summed E-state index contributed by atoms with van der Waals surface area (Å²) in [4.78, 5) is 21.6. The van der Waals surface area contributed by atoms with Crippen LogP contribution < -0.4 is 15.2 Å². The van der Waals surface area contributed by atoms with Gasteiger partial charge in [-0.1, -0.05) is 42.5 Å². The van der Waals surface area contributed by atoms with E-state index in [1.54, 1.807) is 7.11 Å². The van der Waals surface area contributed by atoms with Crippen molar-refractivity contribution in [2.24, 2.45) is 0 Å². The highest BCUT2D eigenvalue weighted by molar-refractivity contribution is 5.30. The molecule has 1 unspecified atom stereocenters. The summed E-state index contributed by atoms with van der Waals surface area (Å²) in [6, 6.07) is 17.4. The zero-order valence-corrected chi connectivity index (χ0v) is 16.5. The largest absolute Gasteiger partial charge is 0.497 e. The number of rotatable bonds is 6. The molecule has 0 saturated carbocycles. The quantitative estimate of drug-likeness (QED) is 0.586. The summed E-state index contributed by atoms with van der Waals surface area (Å²) in [5, 5.41) is 10.5. The third-order valence-corrected chi connectivity index (χ3v) is 5.46. The van der Waals surface area contributed by atoms with Crippen LogP contribution in [0.1, 0.15) is 34.3 Å². The molecule has 4 rings (SSSR count). The van der Waals surface area contributed by atoms with Crippen molar-refractivity contribution in [1.82, 2.24) is 9.97 Å². The summed E-state index contributed by atoms with van der Waals surface area (Å²) in [6.45, 7) is 2.02. The molecule has 2 atom stereocenters. The van der Waals surface area contributed by atoms with Gasteiger partial charge in [0, 0.05) is 12.8 Å². The molecule has 0 saturated heterocycles. The SMILES string of the molecule is COc1cccc(Cc2nc3c(c(=O)[nH]2)C[NH+](C[C@H](O)c2ccccc2)CC3)c1. The van der Waals surface area contributed by atoms with Gasteiger partial charge in [0.25, 0.3) is 5.56 Å². The smallest absolute Gasteiger partial charge is 0.260 e. The van der Waals surface area contributed by atoms with E-state index < -0.39 is 6.10 Å². The van der Waals surface area contributed by atoms with E-state index in [1.165, 1.54) is 4.90 Å². The third kappa shape index (κ3) is 4.55. The summed E-state index contributed by atoms with van der Waals surface area (Å²) < 4.78 is 5.27. The Balaban J connectivity index is 1.47. The molecule has 0 radical (unpaired) electrons. The predicted molar refractivity (Wildman–Crippen MR) is 110 cm³/mol. The average molecular weight is 392 g/mol. The van der Waals surface area contributed by atoms with Gasteiger partial charge in [-0.2, -0.15) is 0 Å². The maximum Gasteiger partial charge on any atom is 0.260 e. The van der Waals surface area contributed by atoms with Gasteiger partial charge in [-0.25, -0.2) is 4.98 Å². The minimum atomic E-state index is -0.535. The molecule has 150 valence electrons. The molecule has 2 aromatic carbocycles. The third-order valence-electron chi connectivity index (χ3n) is 5.46. The van der Waals surface area contributed by atoms with Crippen LogP contribution in [0.2, 0.25) is 0 Å². The van der Waals surface area contributed by atoms with Gasteiger partial charge < -0.3 is 19.7 Å². The van der Waals surface area contributed by atoms with Crippen molar-refractivity contribution in [3.63, 3.8) is 0 Å². The Kier molecular flexibility index (Phi) is 5.74. The van der Waals surface area contributed by atoms with Crippen LogP contribution >= 0.6 is 0 Å². The molecule has 2 heterocycles. The monoisotopic (exact) mass is 392 g/mol. The number of hydrogen-bond donors (Lipinski definition) is 3. The highest BCUT2D eigenvalue weighted by atomic mass is 16.5. The van der Waals surface area contributed by atoms with E-state index in [9.17, 15) is 9.90 Å². The molecule has 1 aliphatic heterocycles. The van der Waals surface area contributed by atoms with Crippen molar-refractivity contribution in [2.45, 2.75) is 25.5 Å². The molecule has 0 bridgehead atoms. The first-order valence-corrected chi connectivity index (χ1v) is 9.93. The summed E-state index contributed by atoms with van der Waals surface area (Å²) >= 11 is 0. The van der Waals surface area contributed by atoms with Crippen LogP contribution in [0.3, 0.4) is 0 Å². The fraction of sp³-hybridized carbons (Fsp3) is 0.304. The Labute approximate surface area is 169 Å². The number of nitrogens with zero attached hydrogens (tertiary/aromatic N) is 1. The lowest BCUT2D eigenvalue weighted by molar-refractivity contribution is -0.919. The van der Waals surface area contributed by atoms with E-state index in [2.05, 4.69) is 4.98 Å². The minimum absolute atomic E-state index is 0.0701. The molecule has 29 heavy (non-hydrogen) atoms. The Morgan fingerprint density at radius 2 is 2.03 bits per heavy atom. The number of hydrogen-bond acceptors (Lipinski definition) is 4. The number of benzene rings is 2. The number of aromatic amines is 1. The second kappa shape index (κ2) is 8.59. The van der Waals surface area contributed by atoms with E-state index in [4.69, 9.17) is 9.72 Å². The summed E-state index contributed by atoms with van der Waals surface area (Å²) in [5.41, 5.74) is 3.50. The lowest BCUT2D eigenvalue weighted by Gasteiger charge is -2.27. The molecular weight excluding hydrogens is 366 g/mol. The highest BCUT2D eigenvalue weighted by Gasteiger charge is 2.26. The van der Waals surface area contributed by atoms with Gasteiger partial charge in [-0.05, 0) is 23.3 Å². The molecule has 6 heteroatoms. The van der Waals surface area contributed by atoms with Crippen LogP contribution in [-0.4, -0.2) is 35.3 Å². The predicted octanol–water partition coefficient (Wildman–Crippen LogP) is 1.04. The van der Waals surface area contributed by atoms with Crippen molar-refractivity contribution < 1.29 is 14.7 Å². The standard InChI is InChI=1S/C23H25N3O3/c1-29-18-9-5-6-16(12-18)13-22-24-20-10-11-26(14-19(20)23(28)25-22)15-21(27)17-7-3-2-4-8-17/h2-9,12,21,27H,10-11,13-15H2,1H3,(H,24,25,28)/p+1/t21-/m0/s1. The van der Waals surface area contributed by atoms with Crippen molar-refractivity contribution in [2.75, 3.05) is 20.2 Å². The Hall–Kier alpha value is -2.96. The van der Waals surface area contributed by atoms with E-state index in [0.29, 0.717) is 25.3 Å². The van der Waals surface area contributed by atoms with Crippen molar-refractivity contribution in [3.8, 4) is 5.75 Å². The fourth-order valence-electron chi connectivity index (χ4n) is 3.92. The Morgan fingerprint density at radius 1 is 1.21 bits per heavy atom. The topological polar surface area (TPSA) is 79.6 Å². The molecule has 0 fully saturated rings. The number of H-pyrrole nitrogens is 1. The van der Waals surface area contributed by atoms with Crippen LogP contribution in [0.25, 0.3) is 0 Å². The highest BCUT2D eigenvalue weighted by Crippen LogP contribution is 2.15. The molecule has 3 N–H and O–H groups in total. The van der Waals surface area contributed by atoms with Gasteiger partial charge in [0.2, 0.25) is 0 Å². The second-order valence-corrected chi connectivity index (χ2v) is 7.52. The van der Waals surface area contributed by atoms with Gasteiger partial charge in [0.15, 0.2) is 0 Å². The van der Waals surface area contributed by atoms with Crippen LogP contribution in [0.4, 0.5) is 0 Å². The lowest BCUT2D eigenvalue weighted by Crippen LogP contribution is -3.12. The van der Waals surface area contributed by atoms with Crippen LogP contribution in [-0.2, 0) is 19.4 Å². The van der Waals surface area contributed by atoms with Crippen LogP contribution in [0, 0.1) is 0 Å². The first-order valence-electron chi connectivity index (χ1n) is 9.93. The summed E-state index contributed by atoms with van der Waals surface area (Å²) in [7, 11) is 1.64. The molecule has 0 spiro atoms. The van der Waals surface area contributed by atoms with Crippen molar-refractivity contribution in [3.05, 3.63) is 93.2 Å². The second-order valence-electron chi connectivity index (χ2n) is 7.52. The van der Waals surface area contributed by atoms with E-state index in [0.717, 1.165) is 41.1 Å². The van der Waals surface area contributed by atoms with E-state index in [-0.39, 0.29) is 5.56 Å². The molecule has 0 aliphatic carbocycles. The van der Waals surface area contributed by atoms with Crippen molar-refractivity contribution >= 4 is 0 Å². The molecule has 1 aromatic heterocycles. The molecular formula is C23H26N3O3+. The number of nitrogens with one attached hydrogen (secondary N) is 2. The fourth-order valence-corrected chi connectivity index (χ4v) is 3.92. The zero-order valence-electron chi connectivity index (χ0n) is 16.5. The molecule has 1 aliphatic rings. The van der Waals surface area contributed by atoms with E-state index >= 15 is 0 Å². The van der Waals surface area contributed by atoms with Gasteiger partial charge in [-0.3, -0.25) is 4.79 Å². The van der Waals surface area contributed by atoms with Gasteiger partial charge >= 0.3 is 0 Å². The number of aliphatic hydroxyl groups excluding tert-OH is 1. The maximum atomic E-state index is 12.7. The molecule has 3 aromatic rings. The average Bonchev–Trinajstić information content (AvgIpc) is 2.75. The zero-order chi connectivity index (χ0) is 20.2. The van der Waals surface area contributed by atoms with Gasteiger partial charge in [-0.15, -0.1) is 0 Å². The van der Waals surface area contributed by atoms with Gasteiger partial charge in [0.1, 0.15) is 30.8 Å². The number of aliphatic hydroxyl groups is 1. The van der Waals surface area contributed by atoms with Gasteiger partial charge in [0.05, 0.1) is 24.9 Å². The lowest BCUT2D eigenvalue weighted by atomic mass is 10.0. The summed E-state index contributed by atoms with van der Waals surface area (Å²) in [5.74, 6) is 1.47. The summed E-state index contributed by atoms with van der Waals surface area (Å²) in [6.07, 6.45) is 0.761. The molecule has 6 nitrogen and oxygen atoms in total. The number of aromatic nitrogens is 2. The first-order chi connectivity index (χ1) is 14.1. The van der Waals surface area contributed by atoms with Crippen LogP contribution in [0.15, 0.2) is 59.4 Å². The van der Waals surface area contributed by atoms with E-state index in [1.807, 2.05) is 54.6 Å². The van der Waals surface area contributed by atoms with Crippen LogP contribution in [0.5, 0.6) is 5.75 Å². The number of ether oxygens (including phenoxy) is 1. The number of quaternary nitrogens is 1. The normalized spacial score (nSPS) is 16.8. The minimum Gasteiger partial charge on any atom is -0.497 e. The molecule has 0 amide bonds. The number of fused-ring (bicyclic) bond motifs is 1. The van der Waals surface area contributed by atoms with Crippen molar-refractivity contribution in [1.29, 1.82) is 0 Å².